The van der Waals surface area contributed by atoms with Crippen molar-refractivity contribution in [3.05, 3.63) is 21.9 Å². The van der Waals surface area contributed by atoms with E-state index in [1.165, 1.54) is 23.3 Å². The van der Waals surface area contributed by atoms with Gasteiger partial charge in [-0.25, -0.2) is 0 Å². The maximum absolute atomic E-state index is 12.2. The zero-order valence-electron chi connectivity index (χ0n) is 10.7. The summed E-state index contributed by atoms with van der Waals surface area (Å²) < 4.78 is 5.43. The quantitative estimate of drug-likeness (QED) is 0.893. The van der Waals surface area contributed by atoms with Crippen molar-refractivity contribution in [2.75, 3.05) is 13.2 Å². The first-order chi connectivity index (χ1) is 8.70. The first-order valence-electron chi connectivity index (χ1n) is 6.63. The molecule has 3 rings (SSSR count). The molecule has 98 valence electrons. The third-order valence-corrected chi connectivity index (χ3v) is 5.47. The SMILES string of the molecule is Cc1csc(C(=O)NC2CCC23CCOCC3)c1. The summed E-state index contributed by atoms with van der Waals surface area (Å²) in [5, 5.41) is 5.25. The first-order valence-corrected chi connectivity index (χ1v) is 7.51. The first kappa shape index (κ1) is 12.2. The zero-order valence-corrected chi connectivity index (χ0v) is 11.5. The second kappa shape index (κ2) is 4.67. The normalized spacial score (nSPS) is 25.7. The number of hydrogen-bond acceptors (Lipinski definition) is 3. The number of carbonyl (C=O) groups is 1. The molecule has 1 amide bonds. The van der Waals surface area contributed by atoms with Crippen LogP contribution in [0.25, 0.3) is 0 Å². The lowest BCUT2D eigenvalue weighted by atomic mass is 9.60. The van der Waals surface area contributed by atoms with Gasteiger partial charge in [0.05, 0.1) is 4.88 Å². The highest BCUT2D eigenvalue weighted by Gasteiger charge is 2.48. The Labute approximate surface area is 112 Å². The van der Waals surface area contributed by atoms with Crippen LogP contribution in [0.1, 0.15) is 40.9 Å². The van der Waals surface area contributed by atoms with E-state index >= 15 is 0 Å². The number of nitrogens with one attached hydrogen (secondary N) is 1. The summed E-state index contributed by atoms with van der Waals surface area (Å²) >= 11 is 1.53. The van der Waals surface area contributed by atoms with Crippen LogP contribution in [0.2, 0.25) is 0 Å². The third kappa shape index (κ3) is 2.08. The lowest BCUT2D eigenvalue weighted by Crippen LogP contribution is -2.57. The van der Waals surface area contributed by atoms with Crippen LogP contribution in [0.15, 0.2) is 11.4 Å². The van der Waals surface area contributed by atoms with Gasteiger partial charge in [-0.3, -0.25) is 4.79 Å². The molecule has 18 heavy (non-hydrogen) atoms. The molecule has 1 atom stereocenters. The van der Waals surface area contributed by atoms with Crippen LogP contribution in [0.3, 0.4) is 0 Å². The van der Waals surface area contributed by atoms with Crippen molar-refractivity contribution in [1.82, 2.24) is 5.32 Å². The van der Waals surface area contributed by atoms with E-state index in [9.17, 15) is 4.79 Å². The number of aryl methyl sites for hydroxylation is 1. The average Bonchev–Trinajstić information content (AvgIpc) is 2.82. The fraction of sp³-hybridized carbons (Fsp3) is 0.643. The summed E-state index contributed by atoms with van der Waals surface area (Å²) in [4.78, 5) is 13.0. The van der Waals surface area contributed by atoms with Crippen molar-refractivity contribution in [3.63, 3.8) is 0 Å². The molecule has 4 heteroatoms. The maximum atomic E-state index is 12.2. The van der Waals surface area contributed by atoms with Gasteiger partial charge in [0.1, 0.15) is 0 Å². The minimum atomic E-state index is 0.101. The Morgan fingerprint density at radius 2 is 2.22 bits per heavy atom. The van der Waals surface area contributed by atoms with E-state index in [2.05, 4.69) is 5.32 Å². The van der Waals surface area contributed by atoms with Crippen LogP contribution in [-0.4, -0.2) is 25.2 Å². The molecule has 1 N–H and O–H groups in total. The number of rotatable bonds is 2. The van der Waals surface area contributed by atoms with Gasteiger partial charge in [-0.15, -0.1) is 11.3 Å². The van der Waals surface area contributed by atoms with Crippen molar-refractivity contribution in [3.8, 4) is 0 Å². The zero-order chi connectivity index (χ0) is 12.6. The van der Waals surface area contributed by atoms with Gasteiger partial charge in [0.15, 0.2) is 0 Å². The van der Waals surface area contributed by atoms with Crippen molar-refractivity contribution in [2.45, 2.75) is 38.6 Å². The van der Waals surface area contributed by atoms with E-state index in [-0.39, 0.29) is 5.91 Å². The number of carbonyl (C=O) groups excluding carboxylic acids is 1. The topological polar surface area (TPSA) is 38.3 Å². The van der Waals surface area contributed by atoms with Crippen LogP contribution in [0.5, 0.6) is 0 Å². The fourth-order valence-corrected chi connectivity index (χ4v) is 3.88. The lowest BCUT2D eigenvalue weighted by Gasteiger charge is -2.52. The van der Waals surface area contributed by atoms with Crippen molar-refractivity contribution in [2.24, 2.45) is 5.41 Å². The Bertz CT molecular complexity index is 448. The predicted octanol–water partition coefficient (Wildman–Crippen LogP) is 2.75. The number of amides is 1. The van der Waals surface area contributed by atoms with Gasteiger partial charge >= 0.3 is 0 Å². The molecular weight excluding hydrogens is 246 g/mol. The number of ether oxygens (including phenoxy) is 1. The van der Waals surface area contributed by atoms with Crippen molar-refractivity contribution >= 4 is 17.2 Å². The van der Waals surface area contributed by atoms with Crippen molar-refractivity contribution in [1.29, 1.82) is 0 Å². The van der Waals surface area contributed by atoms with Crippen LogP contribution in [0.4, 0.5) is 0 Å². The van der Waals surface area contributed by atoms with E-state index < -0.39 is 0 Å². The Morgan fingerprint density at radius 3 is 2.78 bits per heavy atom. The van der Waals surface area contributed by atoms with Gasteiger partial charge in [-0.05, 0) is 55.0 Å². The molecule has 1 aliphatic carbocycles. The largest absolute Gasteiger partial charge is 0.381 e. The van der Waals surface area contributed by atoms with Gasteiger partial charge in [-0.1, -0.05) is 0 Å². The molecule has 1 saturated heterocycles. The molecule has 2 heterocycles. The van der Waals surface area contributed by atoms with Crippen LogP contribution < -0.4 is 5.32 Å². The molecule has 2 fully saturated rings. The van der Waals surface area contributed by atoms with Gasteiger partial charge in [-0.2, -0.15) is 0 Å². The molecule has 1 unspecified atom stereocenters. The monoisotopic (exact) mass is 265 g/mol. The molecule has 0 aromatic carbocycles. The summed E-state index contributed by atoms with van der Waals surface area (Å²) in [6.45, 7) is 3.73. The third-order valence-electron chi connectivity index (χ3n) is 4.42. The van der Waals surface area contributed by atoms with E-state index in [1.54, 1.807) is 0 Å². The molecule has 0 bridgehead atoms. The van der Waals surface area contributed by atoms with Crippen molar-refractivity contribution < 1.29 is 9.53 Å². The Morgan fingerprint density at radius 1 is 1.44 bits per heavy atom. The molecule has 1 aromatic rings. The summed E-state index contributed by atoms with van der Waals surface area (Å²) in [6.07, 6.45) is 4.56. The lowest BCUT2D eigenvalue weighted by molar-refractivity contribution is -0.0522. The summed E-state index contributed by atoms with van der Waals surface area (Å²) in [6, 6.07) is 2.33. The highest BCUT2D eigenvalue weighted by molar-refractivity contribution is 7.12. The average molecular weight is 265 g/mol. The molecule has 1 saturated carbocycles. The van der Waals surface area contributed by atoms with E-state index in [1.807, 2.05) is 18.4 Å². The summed E-state index contributed by atoms with van der Waals surface area (Å²) in [5.41, 5.74) is 1.50. The Balaban J connectivity index is 1.64. The Hall–Kier alpha value is -0.870. The summed E-state index contributed by atoms with van der Waals surface area (Å²) in [7, 11) is 0. The maximum Gasteiger partial charge on any atom is 0.261 e. The molecule has 1 spiro atoms. The fourth-order valence-electron chi connectivity index (χ4n) is 3.08. The number of thiophene rings is 1. The second-order valence-electron chi connectivity index (χ2n) is 5.53. The smallest absolute Gasteiger partial charge is 0.261 e. The molecule has 2 aliphatic rings. The van der Waals surface area contributed by atoms with Crippen LogP contribution in [-0.2, 0) is 4.74 Å². The molecule has 0 radical (unpaired) electrons. The summed E-state index contributed by atoms with van der Waals surface area (Å²) in [5.74, 6) is 0.101. The minimum Gasteiger partial charge on any atom is -0.381 e. The minimum absolute atomic E-state index is 0.101. The van der Waals surface area contributed by atoms with E-state index in [4.69, 9.17) is 4.74 Å². The van der Waals surface area contributed by atoms with E-state index in [0.29, 0.717) is 11.5 Å². The van der Waals surface area contributed by atoms with Gasteiger partial charge in [0.2, 0.25) is 0 Å². The molecule has 1 aliphatic heterocycles. The number of hydrogen-bond donors (Lipinski definition) is 1. The van der Waals surface area contributed by atoms with Gasteiger partial charge < -0.3 is 10.1 Å². The highest BCUT2D eigenvalue weighted by atomic mass is 32.1. The van der Waals surface area contributed by atoms with Crippen LogP contribution in [0, 0.1) is 12.3 Å². The standard InChI is InChI=1S/C14H19NO2S/c1-10-8-11(18-9-10)13(16)15-12-2-3-14(12)4-6-17-7-5-14/h8-9,12H,2-7H2,1H3,(H,15,16). The predicted molar refractivity (Wildman–Crippen MR) is 72.0 cm³/mol. The van der Waals surface area contributed by atoms with Crippen LogP contribution >= 0.6 is 11.3 Å². The second-order valence-corrected chi connectivity index (χ2v) is 6.44. The molecule has 1 aromatic heterocycles. The highest BCUT2D eigenvalue weighted by Crippen LogP contribution is 2.48. The van der Waals surface area contributed by atoms with E-state index in [0.717, 1.165) is 37.4 Å². The Kier molecular flexibility index (Phi) is 3.16. The molecule has 3 nitrogen and oxygen atoms in total. The molecular formula is C14H19NO2S. The van der Waals surface area contributed by atoms with Gasteiger partial charge in [0, 0.05) is 19.3 Å². The van der Waals surface area contributed by atoms with Gasteiger partial charge in [0.25, 0.3) is 5.91 Å².